The van der Waals surface area contributed by atoms with Crippen molar-refractivity contribution >= 4 is 34.1 Å². The number of carbonyl (C=O) groups excluding carboxylic acids is 1. The summed E-state index contributed by atoms with van der Waals surface area (Å²) >= 11 is 0. The van der Waals surface area contributed by atoms with Gasteiger partial charge in [0.15, 0.2) is 11.5 Å². The second-order valence-corrected chi connectivity index (χ2v) is 6.61. The van der Waals surface area contributed by atoms with Crippen LogP contribution in [0.25, 0.3) is 10.9 Å². The molecule has 4 aromatic rings. The van der Waals surface area contributed by atoms with Crippen molar-refractivity contribution in [3.8, 4) is 11.5 Å². The minimum Gasteiger partial charge on any atom is -0.486 e. The van der Waals surface area contributed by atoms with Crippen LogP contribution in [0.1, 0.15) is 10.4 Å². The highest BCUT2D eigenvalue weighted by Gasteiger charge is 2.14. The Bertz CT molecular complexity index is 1220. The predicted octanol–water partition coefficient (Wildman–Crippen LogP) is 3.79. The van der Waals surface area contributed by atoms with E-state index in [-0.39, 0.29) is 5.91 Å². The monoisotopic (exact) mass is 399 g/mol. The Morgan fingerprint density at radius 2 is 1.70 bits per heavy atom. The summed E-state index contributed by atoms with van der Waals surface area (Å²) in [6.07, 6.45) is 4.68. The van der Waals surface area contributed by atoms with Gasteiger partial charge in [0.05, 0.1) is 16.8 Å². The molecule has 0 saturated carbocycles. The number of nitrogens with zero attached hydrogens (tertiary/aromatic N) is 3. The van der Waals surface area contributed by atoms with Crippen LogP contribution in [-0.4, -0.2) is 34.1 Å². The van der Waals surface area contributed by atoms with Crippen LogP contribution in [0.5, 0.6) is 11.5 Å². The Morgan fingerprint density at radius 1 is 0.900 bits per heavy atom. The molecule has 0 fully saturated rings. The molecule has 2 aromatic heterocycles. The SMILES string of the molecule is O=C(Nc1ccc2c(c1)OCCO2)c1cnc(Nc2cccc3cccnc23)nc1. The van der Waals surface area contributed by atoms with Crippen molar-refractivity contribution in [2.45, 2.75) is 0 Å². The van der Waals surface area contributed by atoms with E-state index < -0.39 is 0 Å². The minimum atomic E-state index is -0.315. The fraction of sp³-hybridized carbons (Fsp3) is 0.0909. The molecule has 5 rings (SSSR count). The molecule has 0 unspecified atom stereocenters. The number of fused-ring (bicyclic) bond motifs is 2. The number of amides is 1. The molecule has 0 bridgehead atoms. The standard InChI is InChI=1S/C22H17N5O3/c28-21(26-16-6-7-18-19(11-16)30-10-9-29-18)15-12-24-22(25-13-15)27-17-5-1-3-14-4-2-8-23-20(14)17/h1-8,11-13H,9-10H2,(H,26,28)(H,24,25,27). The fourth-order valence-electron chi connectivity index (χ4n) is 3.16. The first-order valence-corrected chi connectivity index (χ1v) is 9.40. The number of hydrogen-bond acceptors (Lipinski definition) is 7. The molecule has 8 nitrogen and oxygen atoms in total. The lowest BCUT2D eigenvalue weighted by atomic mass is 10.2. The van der Waals surface area contributed by atoms with Gasteiger partial charge in [0, 0.05) is 35.7 Å². The maximum atomic E-state index is 12.5. The third-order valence-corrected chi connectivity index (χ3v) is 4.59. The number of anilines is 3. The molecule has 0 radical (unpaired) electrons. The van der Waals surface area contributed by atoms with E-state index in [0.717, 1.165) is 16.6 Å². The maximum Gasteiger partial charge on any atom is 0.258 e. The highest BCUT2D eigenvalue weighted by atomic mass is 16.6. The molecule has 148 valence electrons. The van der Waals surface area contributed by atoms with Crippen LogP contribution >= 0.6 is 0 Å². The number of aromatic nitrogens is 3. The van der Waals surface area contributed by atoms with Gasteiger partial charge in [0.25, 0.3) is 5.91 Å². The summed E-state index contributed by atoms with van der Waals surface area (Å²) in [5, 5.41) is 6.98. The second kappa shape index (κ2) is 7.67. The molecule has 1 aliphatic rings. The first-order valence-electron chi connectivity index (χ1n) is 9.40. The van der Waals surface area contributed by atoms with E-state index in [1.807, 2.05) is 30.3 Å². The van der Waals surface area contributed by atoms with Crippen molar-refractivity contribution < 1.29 is 14.3 Å². The van der Waals surface area contributed by atoms with Gasteiger partial charge >= 0.3 is 0 Å². The van der Waals surface area contributed by atoms with Gasteiger partial charge in [-0.3, -0.25) is 9.78 Å². The molecule has 0 spiro atoms. The summed E-state index contributed by atoms with van der Waals surface area (Å²) < 4.78 is 11.0. The molecule has 0 atom stereocenters. The molecule has 0 saturated heterocycles. The molecule has 2 aromatic carbocycles. The zero-order chi connectivity index (χ0) is 20.3. The molecular weight excluding hydrogens is 382 g/mol. The number of carbonyl (C=O) groups is 1. The van der Waals surface area contributed by atoms with Gasteiger partial charge in [0.1, 0.15) is 13.2 Å². The van der Waals surface area contributed by atoms with Crippen LogP contribution in [0.4, 0.5) is 17.3 Å². The van der Waals surface area contributed by atoms with E-state index in [1.165, 1.54) is 12.4 Å². The summed E-state index contributed by atoms with van der Waals surface area (Å²) in [6, 6.07) is 15.0. The van der Waals surface area contributed by atoms with Crippen LogP contribution < -0.4 is 20.1 Å². The van der Waals surface area contributed by atoms with Crippen molar-refractivity contribution in [2.75, 3.05) is 23.8 Å². The lowest BCUT2D eigenvalue weighted by Gasteiger charge is -2.19. The molecular formula is C22H17N5O3. The van der Waals surface area contributed by atoms with Gasteiger partial charge in [0.2, 0.25) is 5.95 Å². The molecule has 3 heterocycles. The number of nitrogens with one attached hydrogen (secondary N) is 2. The molecule has 2 N–H and O–H groups in total. The average molecular weight is 399 g/mol. The lowest BCUT2D eigenvalue weighted by molar-refractivity contribution is 0.102. The molecule has 30 heavy (non-hydrogen) atoms. The maximum absolute atomic E-state index is 12.5. The summed E-state index contributed by atoms with van der Waals surface area (Å²) in [5.74, 6) is 1.34. The van der Waals surface area contributed by atoms with E-state index in [2.05, 4.69) is 25.6 Å². The third kappa shape index (κ3) is 3.58. The van der Waals surface area contributed by atoms with Crippen LogP contribution in [-0.2, 0) is 0 Å². The zero-order valence-corrected chi connectivity index (χ0v) is 15.8. The van der Waals surface area contributed by atoms with E-state index in [0.29, 0.717) is 41.9 Å². The van der Waals surface area contributed by atoms with Gasteiger partial charge in [-0.2, -0.15) is 0 Å². The topological polar surface area (TPSA) is 98.3 Å². The third-order valence-electron chi connectivity index (χ3n) is 4.59. The Balaban J connectivity index is 1.30. The summed E-state index contributed by atoms with van der Waals surface area (Å²) in [5.41, 5.74) is 2.56. The van der Waals surface area contributed by atoms with E-state index in [1.54, 1.807) is 24.4 Å². The van der Waals surface area contributed by atoms with Crippen molar-refractivity contribution in [1.29, 1.82) is 0 Å². The number of rotatable bonds is 4. The number of ether oxygens (including phenoxy) is 2. The summed E-state index contributed by atoms with van der Waals surface area (Å²) in [7, 11) is 0. The van der Waals surface area contributed by atoms with E-state index >= 15 is 0 Å². The highest BCUT2D eigenvalue weighted by molar-refractivity contribution is 6.04. The quantitative estimate of drug-likeness (QED) is 0.539. The van der Waals surface area contributed by atoms with Crippen LogP contribution in [0, 0.1) is 0 Å². The number of hydrogen-bond donors (Lipinski definition) is 2. The molecule has 1 aliphatic heterocycles. The van der Waals surface area contributed by atoms with Crippen LogP contribution in [0.15, 0.2) is 67.1 Å². The number of pyridine rings is 1. The smallest absolute Gasteiger partial charge is 0.258 e. The van der Waals surface area contributed by atoms with Crippen molar-refractivity contribution in [1.82, 2.24) is 15.0 Å². The Hall–Kier alpha value is -4.20. The Kier molecular flexibility index (Phi) is 4.57. The lowest BCUT2D eigenvalue weighted by Crippen LogP contribution is -2.16. The summed E-state index contributed by atoms with van der Waals surface area (Å²) in [4.78, 5) is 25.4. The molecule has 1 amide bonds. The number of benzene rings is 2. The average Bonchev–Trinajstić information content (AvgIpc) is 2.80. The first-order chi connectivity index (χ1) is 14.8. The normalized spacial score (nSPS) is 12.4. The minimum absolute atomic E-state index is 0.315. The Morgan fingerprint density at radius 3 is 2.57 bits per heavy atom. The number of para-hydroxylation sites is 1. The molecule has 0 aliphatic carbocycles. The highest BCUT2D eigenvalue weighted by Crippen LogP contribution is 2.32. The zero-order valence-electron chi connectivity index (χ0n) is 15.8. The summed E-state index contributed by atoms with van der Waals surface area (Å²) in [6.45, 7) is 1.00. The Labute approximate surface area is 171 Å². The molecule has 8 heteroatoms. The van der Waals surface area contributed by atoms with Gasteiger partial charge in [-0.25, -0.2) is 9.97 Å². The van der Waals surface area contributed by atoms with Crippen LogP contribution in [0.2, 0.25) is 0 Å². The van der Waals surface area contributed by atoms with Crippen molar-refractivity contribution in [3.05, 3.63) is 72.7 Å². The first kappa shape index (κ1) is 17.9. The van der Waals surface area contributed by atoms with Gasteiger partial charge in [-0.1, -0.05) is 18.2 Å². The van der Waals surface area contributed by atoms with Crippen LogP contribution in [0.3, 0.4) is 0 Å². The van der Waals surface area contributed by atoms with Gasteiger partial charge < -0.3 is 20.1 Å². The fourth-order valence-corrected chi connectivity index (χ4v) is 3.16. The van der Waals surface area contributed by atoms with E-state index in [4.69, 9.17) is 9.47 Å². The predicted molar refractivity (Wildman–Crippen MR) is 112 cm³/mol. The van der Waals surface area contributed by atoms with E-state index in [9.17, 15) is 4.79 Å². The second-order valence-electron chi connectivity index (χ2n) is 6.61. The van der Waals surface area contributed by atoms with Gasteiger partial charge in [-0.15, -0.1) is 0 Å². The van der Waals surface area contributed by atoms with Crippen molar-refractivity contribution in [3.63, 3.8) is 0 Å². The van der Waals surface area contributed by atoms with Crippen molar-refractivity contribution in [2.24, 2.45) is 0 Å². The van der Waals surface area contributed by atoms with Gasteiger partial charge in [-0.05, 0) is 24.3 Å². The largest absolute Gasteiger partial charge is 0.486 e.